The van der Waals surface area contributed by atoms with Gasteiger partial charge in [-0.2, -0.15) is 0 Å². The highest BCUT2D eigenvalue weighted by molar-refractivity contribution is 6.38. The average Bonchev–Trinajstić information content (AvgIpc) is 3.10. The second-order valence-corrected chi connectivity index (χ2v) is 11.7. The van der Waals surface area contributed by atoms with Gasteiger partial charge in [-0.1, -0.05) is 24.8 Å². The fourth-order valence-electron chi connectivity index (χ4n) is 5.32. The van der Waals surface area contributed by atoms with Crippen LogP contribution >= 0.6 is 0 Å². The highest BCUT2D eigenvalue weighted by Gasteiger charge is 2.42. The van der Waals surface area contributed by atoms with E-state index in [0.717, 1.165) is 11.6 Å². The fraction of sp³-hybridized carbons (Fsp3) is 0.457. The van der Waals surface area contributed by atoms with Crippen molar-refractivity contribution in [3.8, 4) is 23.0 Å². The van der Waals surface area contributed by atoms with E-state index in [1.165, 1.54) is 40.1 Å². The molecule has 0 bridgehead atoms. The Kier molecular flexibility index (Phi) is 13.4. The van der Waals surface area contributed by atoms with Crippen molar-refractivity contribution in [3.63, 3.8) is 0 Å². The van der Waals surface area contributed by atoms with E-state index in [2.05, 4.69) is 6.58 Å². The molecule has 2 atom stereocenters. The number of aliphatic carboxylic acids is 1. The molecular formula is C35H43NO12. The minimum absolute atomic E-state index is 0.166. The summed E-state index contributed by atoms with van der Waals surface area (Å²) in [6.45, 7) is 5.56. The number of carbonyl (C=O) groups is 5. The third kappa shape index (κ3) is 9.49. The zero-order valence-corrected chi connectivity index (χ0v) is 27.9. The summed E-state index contributed by atoms with van der Waals surface area (Å²) < 4.78 is 33.0. The molecule has 1 unspecified atom stereocenters. The van der Waals surface area contributed by atoms with Crippen molar-refractivity contribution in [2.75, 3.05) is 41.1 Å². The number of ether oxygens (including phenoxy) is 6. The van der Waals surface area contributed by atoms with Crippen LogP contribution < -0.4 is 18.9 Å². The third-order valence-corrected chi connectivity index (χ3v) is 7.90. The minimum atomic E-state index is -1.35. The highest BCUT2D eigenvalue weighted by atomic mass is 16.6. The van der Waals surface area contributed by atoms with E-state index in [1.807, 2.05) is 6.07 Å². The number of hydrogen-bond acceptors (Lipinski definition) is 11. The smallest absolute Gasteiger partial charge is 0.341 e. The third-order valence-electron chi connectivity index (χ3n) is 7.90. The number of carbonyl (C=O) groups excluding carboxylic acids is 4. The second kappa shape index (κ2) is 17.2. The van der Waals surface area contributed by atoms with Crippen LogP contribution in [0.15, 0.2) is 49.1 Å². The normalized spacial score (nSPS) is 15.0. The first-order valence-corrected chi connectivity index (χ1v) is 15.4. The van der Waals surface area contributed by atoms with E-state index < -0.39 is 53.8 Å². The quantitative estimate of drug-likeness (QED) is 0.146. The van der Waals surface area contributed by atoms with E-state index in [9.17, 15) is 24.0 Å². The summed E-state index contributed by atoms with van der Waals surface area (Å²) >= 11 is 0. The van der Waals surface area contributed by atoms with Gasteiger partial charge in [-0.25, -0.2) is 14.4 Å². The SMILES string of the molecule is C=CC(=O)OCC(C)(C)C(=O)C(=O)N1CCCCC1C(=O)O[C@H](CCc1ccc(OC)c(OC)c1OC)c1cccc(OCC(=O)O)c1. The molecule has 1 saturated heterocycles. The Bertz CT molecular complexity index is 1500. The van der Waals surface area contributed by atoms with E-state index in [4.69, 9.17) is 33.5 Å². The highest BCUT2D eigenvalue weighted by Crippen LogP contribution is 2.41. The molecule has 0 aliphatic carbocycles. The fourth-order valence-corrected chi connectivity index (χ4v) is 5.32. The number of methoxy groups -OCH3 is 3. The number of nitrogens with zero attached hydrogens (tertiary/aromatic N) is 1. The molecule has 1 amide bonds. The number of rotatable bonds is 17. The van der Waals surface area contributed by atoms with Crippen LogP contribution in [0, 0.1) is 5.41 Å². The predicted octanol–water partition coefficient (Wildman–Crippen LogP) is 4.10. The van der Waals surface area contributed by atoms with Gasteiger partial charge >= 0.3 is 17.9 Å². The molecule has 0 saturated carbocycles. The number of Topliss-reactive ketones (excluding diaryl/α,β-unsaturated/α-hetero) is 1. The van der Waals surface area contributed by atoms with Crippen molar-refractivity contribution >= 4 is 29.6 Å². The first-order chi connectivity index (χ1) is 22.9. The number of hydrogen-bond donors (Lipinski definition) is 1. The molecule has 1 N–H and O–H groups in total. The summed E-state index contributed by atoms with van der Waals surface area (Å²) in [5.74, 6) is -2.66. The molecule has 0 spiro atoms. The first-order valence-electron chi connectivity index (χ1n) is 15.4. The number of likely N-dealkylation sites (tertiary alicyclic amines) is 1. The van der Waals surface area contributed by atoms with Gasteiger partial charge < -0.3 is 38.4 Å². The number of ketones is 1. The molecule has 2 aromatic carbocycles. The van der Waals surface area contributed by atoms with Crippen LogP contribution in [0.2, 0.25) is 0 Å². The number of carboxylic acid groups (broad SMARTS) is 1. The van der Waals surface area contributed by atoms with Gasteiger partial charge in [0, 0.05) is 12.6 Å². The van der Waals surface area contributed by atoms with E-state index in [1.54, 1.807) is 30.3 Å². The van der Waals surface area contributed by atoms with Crippen molar-refractivity contribution in [3.05, 3.63) is 60.2 Å². The van der Waals surface area contributed by atoms with Crippen LogP contribution in [0.4, 0.5) is 0 Å². The summed E-state index contributed by atoms with van der Waals surface area (Å²) in [4.78, 5) is 64.6. The van der Waals surface area contributed by atoms with E-state index >= 15 is 0 Å². The Morgan fingerprint density at radius 3 is 2.40 bits per heavy atom. The molecule has 13 heteroatoms. The van der Waals surface area contributed by atoms with Gasteiger partial charge in [0.05, 0.1) is 26.7 Å². The van der Waals surface area contributed by atoms with Gasteiger partial charge in [0.15, 0.2) is 18.1 Å². The lowest BCUT2D eigenvalue weighted by Gasteiger charge is -2.36. The van der Waals surface area contributed by atoms with Gasteiger partial charge in [0.25, 0.3) is 5.91 Å². The molecule has 13 nitrogen and oxygen atoms in total. The predicted molar refractivity (Wildman–Crippen MR) is 172 cm³/mol. The average molecular weight is 670 g/mol. The number of benzene rings is 2. The molecule has 1 heterocycles. The summed E-state index contributed by atoms with van der Waals surface area (Å²) in [6, 6.07) is 9.06. The van der Waals surface area contributed by atoms with Crippen molar-refractivity contribution in [2.24, 2.45) is 5.41 Å². The summed E-state index contributed by atoms with van der Waals surface area (Å²) in [7, 11) is 4.51. The van der Waals surface area contributed by atoms with Crippen molar-refractivity contribution in [1.29, 1.82) is 0 Å². The maximum Gasteiger partial charge on any atom is 0.341 e. The van der Waals surface area contributed by atoms with Crippen molar-refractivity contribution < 1.29 is 57.5 Å². The second-order valence-electron chi connectivity index (χ2n) is 11.7. The Balaban J connectivity index is 1.90. The lowest BCUT2D eigenvalue weighted by Crippen LogP contribution is -2.53. The van der Waals surface area contributed by atoms with Gasteiger partial charge in [-0.15, -0.1) is 0 Å². The van der Waals surface area contributed by atoms with Crippen molar-refractivity contribution in [2.45, 2.75) is 58.1 Å². The molecular weight excluding hydrogens is 626 g/mol. The number of carboxylic acids is 1. The van der Waals surface area contributed by atoms with Gasteiger partial charge in [0.2, 0.25) is 11.5 Å². The number of piperidine rings is 1. The molecule has 260 valence electrons. The lowest BCUT2D eigenvalue weighted by atomic mass is 9.87. The molecule has 48 heavy (non-hydrogen) atoms. The summed E-state index contributed by atoms with van der Waals surface area (Å²) in [6.07, 6.45) is 2.19. The maximum atomic E-state index is 13.9. The van der Waals surface area contributed by atoms with Crippen LogP contribution in [-0.2, 0) is 39.9 Å². The topological polar surface area (TPSA) is 164 Å². The van der Waals surface area contributed by atoms with Crippen LogP contribution in [-0.4, -0.2) is 86.7 Å². The Morgan fingerprint density at radius 1 is 1.02 bits per heavy atom. The van der Waals surface area contributed by atoms with Crippen LogP contribution in [0.25, 0.3) is 0 Å². The van der Waals surface area contributed by atoms with E-state index in [0.29, 0.717) is 42.1 Å². The summed E-state index contributed by atoms with van der Waals surface area (Å²) in [5.41, 5.74) is -0.0754. The van der Waals surface area contributed by atoms with Gasteiger partial charge in [-0.3, -0.25) is 9.59 Å². The summed E-state index contributed by atoms with van der Waals surface area (Å²) in [5, 5.41) is 9.07. The van der Waals surface area contributed by atoms with Crippen LogP contribution in [0.5, 0.6) is 23.0 Å². The zero-order valence-electron chi connectivity index (χ0n) is 27.9. The van der Waals surface area contributed by atoms with Gasteiger partial charge in [-0.05, 0) is 75.3 Å². The lowest BCUT2D eigenvalue weighted by molar-refractivity contribution is -0.165. The molecule has 0 radical (unpaired) electrons. The number of esters is 2. The molecule has 0 aromatic heterocycles. The van der Waals surface area contributed by atoms with Crippen LogP contribution in [0.1, 0.15) is 56.8 Å². The number of aryl methyl sites for hydroxylation is 1. The number of amides is 1. The maximum absolute atomic E-state index is 13.9. The molecule has 1 aliphatic rings. The Hall–Kier alpha value is -5.07. The minimum Gasteiger partial charge on any atom is -0.493 e. The molecule has 3 rings (SSSR count). The Morgan fingerprint density at radius 2 is 1.75 bits per heavy atom. The zero-order chi connectivity index (χ0) is 35.4. The van der Waals surface area contributed by atoms with Gasteiger partial charge in [0.1, 0.15) is 24.5 Å². The van der Waals surface area contributed by atoms with Crippen molar-refractivity contribution in [1.82, 2.24) is 4.90 Å². The van der Waals surface area contributed by atoms with Crippen LogP contribution in [0.3, 0.4) is 0 Å². The monoisotopic (exact) mass is 669 g/mol. The largest absolute Gasteiger partial charge is 0.493 e. The Labute approximate surface area is 279 Å². The first kappa shape index (κ1) is 37.4. The standard InChI is InChI=1S/C35H43NO12/c1-7-29(39)47-21-35(2,3)32(40)33(41)36-18-9-8-13-25(36)34(42)48-26(23-11-10-12-24(19-23)46-20-28(37)38)16-14-22-15-17-27(43-4)31(45-6)30(22)44-5/h7,10-12,15,17,19,25-26H,1,8-9,13-14,16,18,20-21H2,2-6H3,(H,37,38)/t25?,26-/m1/s1. The van der Waals surface area contributed by atoms with E-state index in [-0.39, 0.29) is 31.7 Å². The molecule has 1 fully saturated rings. The molecule has 2 aromatic rings. The molecule has 1 aliphatic heterocycles.